The largest absolute Gasteiger partial charge is 0.355 e. The first-order chi connectivity index (χ1) is 7.13. The summed E-state index contributed by atoms with van der Waals surface area (Å²) in [5, 5.41) is 3.13. The number of amides is 1. The molecule has 0 saturated heterocycles. The fourth-order valence-corrected chi connectivity index (χ4v) is 1.28. The van der Waals surface area contributed by atoms with Crippen LogP contribution in [0.15, 0.2) is 23.1 Å². The van der Waals surface area contributed by atoms with Gasteiger partial charge in [-0.25, -0.2) is 0 Å². The van der Waals surface area contributed by atoms with E-state index < -0.39 is 0 Å². The molecule has 0 atom stereocenters. The number of carbonyl (C=O) groups excluding carboxylic acids is 1. The summed E-state index contributed by atoms with van der Waals surface area (Å²) in [6, 6.07) is 2.85. The van der Waals surface area contributed by atoms with E-state index in [0.29, 0.717) is 11.6 Å². The summed E-state index contributed by atoms with van der Waals surface area (Å²) in [6.07, 6.45) is 2.32. The summed E-state index contributed by atoms with van der Waals surface area (Å²) < 4.78 is 1.29. The highest BCUT2D eigenvalue weighted by atomic mass is 35.5. The van der Waals surface area contributed by atoms with Crippen molar-refractivity contribution in [3.05, 3.63) is 33.7 Å². The number of carbonyl (C=O) groups is 1. The van der Waals surface area contributed by atoms with Crippen LogP contribution in [0.5, 0.6) is 0 Å². The maximum atomic E-state index is 11.3. The number of nitrogens with one attached hydrogen (secondary N) is 1. The van der Waals surface area contributed by atoms with E-state index in [0.717, 1.165) is 6.42 Å². The molecule has 1 aromatic heterocycles. The van der Waals surface area contributed by atoms with Crippen LogP contribution < -0.4 is 10.9 Å². The molecule has 0 radical (unpaired) electrons. The van der Waals surface area contributed by atoms with Crippen molar-refractivity contribution in [1.82, 2.24) is 9.88 Å². The van der Waals surface area contributed by atoms with E-state index in [1.54, 1.807) is 0 Å². The molecule has 15 heavy (non-hydrogen) atoms. The third-order valence-corrected chi connectivity index (χ3v) is 2.06. The number of halogens is 1. The van der Waals surface area contributed by atoms with Crippen LogP contribution in [0.1, 0.15) is 13.3 Å². The van der Waals surface area contributed by atoms with Crippen LogP contribution in [0.2, 0.25) is 5.02 Å². The van der Waals surface area contributed by atoms with Gasteiger partial charge in [-0.15, -0.1) is 0 Å². The molecule has 0 saturated carbocycles. The highest BCUT2D eigenvalue weighted by molar-refractivity contribution is 6.30. The molecule has 0 fully saturated rings. The summed E-state index contributed by atoms with van der Waals surface area (Å²) in [4.78, 5) is 22.6. The van der Waals surface area contributed by atoms with Crippen molar-refractivity contribution >= 4 is 17.5 Å². The molecule has 0 spiro atoms. The molecule has 82 valence electrons. The first kappa shape index (κ1) is 11.8. The van der Waals surface area contributed by atoms with E-state index in [-0.39, 0.29) is 18.0 Å². The Morgan fingerprint density at radius 2 is 2.27 bits per heavy atom. The molecule has 1 amide bonds. The smallest absolute Gasteiger partial charge is 0.251 e. The van der Waals surface area contributed by atoms with Crippen molar-refractivity contribution in [2.24, 2.45) is 0 Å². The molecule has 0 aliphatic rings. The number of hydrogen-bond donors (Lipinski definition) is 1. The third-order valence-electron chi connectivity index (χ3n) is 1.83. The Balaban J connectivity index is 2.68. The molecule has 1 N–H and O–H groups in total. The Kier molecular flexibility index (Phi) is 4.37. The summed E-state index contributed by atoms with van der Waals surface area (Å²) in [5.41, 5.74) is -0.231. The van der Waals surface area contributed by atoms with Gasteiger partial charge in [-0.3, -0.25) is 9.59 Å². The average Bonchev–Trinajstić information content (AvgIpc) is 2.20. The van der Waals surface area contributed by atoms with Crippen LogP contribution in [0.4, 0.5) is 0 Å². The Bertz CT molecular complexity index is 401. The second-order valence-corrected chi connectivity index (χ2v) is 3.60. The lowest BCUT2D eigenvalue weighted by atomic mass is 10.4. The van der Waals surface area contributed by atoms with Gasteiger partial charge in [-0.2, -0.15) is 0 Å². The van der Waals surface area contributed by atoms with Gasteiger partial charge in [0, 0.05) is 18.8 Å². The Morgan fingerprint density at radius 1 is 1.53 bits per heavy atom. The topological polar surface area (TPSA) is 51.1 Å². The SMILES string of the molecule is CCCNC(=O)Cn1cc(Cl)ccc1=O. The van der Waals surface area contributed by atoms with Crippen molar-refractivity contribution in [2.75, 3.05) is 6.54 Å². The zero-order valence-corrected chi connectivity index (χ0v) is 9.25. The van der Waals surface area contributed by atoms with Gasteiger partial charge < -0.3 is 9.88 Å². The summed E-state index contributed by atoms with van der Waals surface area (Å²) in [6.45, 7) is 2.60. The lowest BCUT2D eigenvalue weighted by Crippen LogP contribution is -2.32. The van der Waals surface area contributed by atoms with Crippen LogP contribution in [0.3, 0.4) is 0 Å². The second-order valence-electron chi connectivity index (χ2n) is 3.16. The molecule has 1 aromatic rings. The van der Waals surface area contributed by atoms with Gasteiger partial charge in [0.1, 0.15) is 6.54 Å². The molecule has 0 aromatic carbocycles. The van der Waals surface area contributed by atoms with E-state index in [4.69, 9.17) is 11.6 Å². The molecule has 1 heterocycles. The van der Waals surface area contributed by atoms with Gasteiger partial charge in [-0.05, 0) is 12.5 Å². The lowest BCUT2D eigenvalue weighted by Gasteiger charge is -2.06. The fourth-order valence-electron chi connectivity index (χ4n) is 1.10. The van der Waals surface area contributed by atoms with Crippen LogP contribution in [-0.2, 0) is 11.3 Å². The molecule has 5 heteroatoms. The quantitative estimate of drug-likeness (QED) is 0.837. The molecule has 0 unspecified atom stereocenters. The highest BCUT2D eigenvalue weighted by Gasteiger charge is 2.03. The average molecular weight is 229 g/mol. The molecule has 0 aliphatic heterocycles. The minimum absolute atomic E-state index is 0.0133. The molecular weight excluding hydrogens is 216 g/mol. The summed E-state index contributed by atoms with van der Waals surface area (Å²) >= 11 is 5.71. The van der Waals surface area contributed by atoms with Crippen LogP contribution in [0, 0.1) is 0 Å². The minimum Gasteiger partial charge on any atom is -0.355 e. The molecular formula is C10H13ClN2O2. The van der Waals surface area contributed by atoms with Crippen molar-refractivity contribution in [3.63, 3.8) is 0 Å². The number of rotatable bonds is 4. The van der Waals surface area contributed by atoms with Crippen molar-refractivity contribution in [1.29, 1.82) is 0 Å². The van der Waals surface area contributed by atoms with Gasteiger partial charge in [0.05, 0.1) is 5.02 Å². The van der Waals surface area contributed by atoms with Crippen molar-refractivity contribution in [3.8, 4) is 0 Å². The normalized spacial score (nSPS) is 10.0. The Hall–Kier alpha value is -1.29. The molecule has 0 aliphatic carbocycles. The van der Waals surface area contributed by atoms with Crippen molar-refractivity contribution in [2.45, 2.75) is 19.9 Å². The summed E-state index contributed by atoms with van der Waals surface area (Å²) in [7, 11) is 0. The minimum atomic E-state index is -0.231. The van der Waals surface area contributed by atoms with E-state index in [1.165, 1.54) is 22.9 Å². The van der Waals surface area contributed by atoms with E-state index >= 15 is 0 Å². The van der Waals surface area contributed by atoms with Crippen molar-refractivity contribution < 1.29 is 4.79 Å². The number of nitrogens with zero attached hydrogens (tertiary/aromatic N) is 1. The lowest BCUT2D eigenvalue weighted by molar-refractivity contribution is -0.121. The predicted octanol–water partition coefficient (Wildman–Crippen LogP) is 1.03. The molecule has 1 rings (SSSR count). The fraction of sp³-hybridized carbons (Fsp3) is 0.400. The first-order valence-corrected chi connectivity index (χ1v) is 5.14. The first-order valence-electron chi connectivity index (χ1n) is 4.76. The van der Waals surface area contributed by atoms with Gasteiger partial charge in [0.2, 0.25) is 5.91 Å². The second kappa shape index (κ2) is 5.56. The molecule has 4 nitrogen and oxygen atoms in total. The van der Waals surface area contributed by atoms with Gasteiger partial charge in [0.15, 0.2) is 0 Å². The van der Waals surface area contributed by atoms with Gasteiger partial charge in [0.25, 0.3) is 5.56 Å². The maximum Gasteiger partial charge on any atom is 0.251 e. The van der Waals surface area contributed by atoms with Crippen LogP contribution >= 0.6 is 11.6 Å². The van der Waals surface area contributed by atoms with E-state index in [2.05, 4.69) is 5.32 Å². The Morgan fingerprint density at radius 3 is 2.93 bits per heavy atom. The standard InChI is InChI=1S/C10H13ClN2O2/c1-2-5-12-9(14)7-13-6-8(11)3-4-10(13)15/h3-4,6H,2,5,7H2,1H3,(H,12,14). The zero-order chi connectivity index (χ0) is 11.3. The Labute approximate surface area is 92.9 Å². The number of hydrogen-bond acceptors (Lipinski definition) is 2. The maximum absolute atomic E-state index is 11.3. The predicted molar refractivity (Wildman–Crippen MR) is 59.0 cm³/mol. The van der Waals surface area contributed by atoms with Crippen LogP contribution in [0.25, 0.3) is 0 Å². The number of pyridine rings is 1. The van der Waals surface area contributed by atoms with Gasteiger partial charge in [-0.1, -0.05) is 18.5 Å². The van der Waals surface area contributed by atoms with E-state index in [1.807, 2.05) is 6.92 Å². The monoisotopic (exact) mass is 228 g/mol. The number of aromatic nitrogens is 1. The van der Waals surface area contributed by atoms with Gasteiger partial charge >= 0.3 is 0 Å². The summed E-state index contributed by atoms with van der Waals surface area (Å²) in [5.74, 6) is -0.179. The highest BCUT2D eigenvalue weighted by Crippen LogP contribution is 2.02. The molecule has 0 bridgehead atoms. The van der Waals surface area contributed by atoms with Crippen LogP contribution in [-0.4, -0.2) is 17.0 Å². The van der Waals surface area contributed by atoms with E-state index in [9.17, 15) is 9.59 Å². The third kappa shape index (κ3) is 3.75. The zero-order valence-electron chi connectivity index (χ0n) is 8.50.